The zero-order valence-electron chi connectivity index (χ0n) is 18.4. The van der Waals surface area contributed by atoms with Gasteiger partial charge >= 0.3 is 53.6 Å². The molecule has 0 aromatic rings. The predicted octanol–water partition coefficient (Wildman–Crippen LogP) is 10.8. The maximum atomic E-state index is 13.8. The van der Waals surface area contributed by atoms with Crippen molar-refractivity contribution in [2.24, 2.45) is 0 Å². The van der Waals surface area contributed by atoms with Gasteiger partial charge in [-0.25, -0.2) is 0 Å². The molecule has 230 valence electrons. The van der Waals surface area contributed by atoms with Gasteiger partial charge in [-0.1, -0.05) is 38.5 Å². The summed E-state index contributed by atoms with van der Waals surface area (Å²) in [5.74, 6) is -55.9. The highest BCUT2D eigenvalue weighted by Crippen LogP contribution is 2.64. The van der Waals surface area contributed by atoms with Crippen LogP contribution in [0.5, 0.6) is 0 Å². The second kappa shape index (κ2) is 12.0. The molecule has 0 aliphatic rings. The third kappa shape index (κ3) is 7.39. The topological polar surface area (TPSA) is 0 Å². The smallest absolute Gasteiger partial charge is 0.200 e. The van der Waals surface area contributed by atoms with Crippen molar-refractivity contribution in [3.05, 3.63) is 0 Å². The molecule has 0 radical (unpaired) electrons. The van der Waals surface area contributed by atoms with Gasteiger partial charge in [-0.05, 0) is 12.5 Å². The highest BCUT2D eigenvalue weighted by molar-refractivity contribution is 7.64. The minimum absolute atomic E-state index is 0.00375. The van der Waals surface area contributed by atoms with Gasteiger partial charge in [0.25, 0.3) is 0 Å². The van der Waals surface area contributed by atoms with Crippen LogP contribution < -0.4 is 0 Å². The molecule has 0 saturated heterocycles. The Morgan fingerprint density at radius 3 is 1.00 bits per heavy atom. The normalized spacial score (nSPS) is 15.8. The Morgan fingerprint density at radius 1 is 0.368 bits per heavy atom. The molecule has 0 aromatic carbocycles. The molecule has 0 N–H and O–H groups in total. The molecule has 0 fully saturated rings. The molecule has 0 unspecified atom stereocenters. The molecule has 21 heteroatoms. The van der Waals surface area contributed by atoms with E-state index in [2.05, 4.69) is 0 Å². The summed E-state index contributed by atoms with van der Waals surface area (Å²) < 4.78 is 224. The SMILES string of the molecule is FC(F)(F)C(F)(F)C(F)(F)C(F)(F)C(F)(F)C(F)(F)C(F)(F)C(F)(F)CCCCCCCCC[Si](Cl)(Cl)Cl. The van der Waals surface area contributed by atoms with Gasteiger partial charge in [0.2, 0.25) is 0 Å². The molecule has 38 heavy (non-hydrogen) atoms. The molecule has 0 spiro atoms. The first-order valence-corrected chi connectivity index (χ1v) is 15.5. The second-order valence-corrected chi connectivity index (χ2v) is 17.5. The van der Waals surface area contributed by atoms with Crippen molar-refractivity contribution in [2.45, 2.75) is 105 Å². The Morgan fingerprint density at radius 2 is 0.658 bits per heavy atom. The van der Waals surface area contributed by atoms with Crippen LogP contribution in [-0.2, 0) is 0 Å². The van der Waals surface area contributed by atoms with Gasteiger partial charge in [0.15, 0.2) is 0 Å². The van der Waals surface area contributed by atoms with Crippen LogP contribution in [0.15, 0.2) is 0 Å². The fourth-order valence-corrected chi connectivity index (χ4v) is 4.76. The summed E-state index contributed by atoms with van der Waals surface area (Å²) in [6, 6.07) is -2.59. The van der Waals surface area contributed by atoms with Gasteiger partial charge in [-0.15, -0.1) is 33.2 Å². The van der Waals surface area contributed by atoms with E-state index in [1.807, 2.05) is 0 Å². The summed E-state index contributed by atoms with van der Waals surface area (Å²) in [6.07, 6.45) is -10.0. The van der Waals surface area contributed by atoms with Gasteiger partial charge in [0.05, 0.1) is 0 Å². The van der Waals surface area contributed by atoms with Crippen LogP contribution in [0.4, 0.5) is 74.6 Å². The van der Waals surface area contributed by atoms with Crippen LogP contribution in [0.2, 0.25) is 6.04 Å². The van der Waals surface area contributed by atoms with Crippen molar-refractivity contribution in [1.82, 2.24) is 0 Å². The largest absolute Gasteiger partial charge is 0.460 e. The molecule has 0 nitrogen and oxygen atoms in total. The van der Waals surface area contributed by atoms with Crippen LogP contribution >= 0.6 is 33.2 Å². The lowest BCUT2D eigenvalue weighted by molar-refractivity contribution is -0.461. The number of unbranched alkanes of at least 4 members (excludes halogenated alkanes) is 6. The Labute approximate surface area is 219 Å². The highest BCUT2D eigenvalue weighted by atomic mass is 35.8. The van der Waals surface area contributed by atoms with Gasteiger partial charge in [-0.2, -0.15) is 74.6 Å². The number of halogens is 20. The Hall–Kier alpha value is -0.103. The van der Waals surface area contributed by atoms with Crippen molar-refractivity contribution < 1.29 is 74.6 Å². The summed E-state index contributed by atoms with van der Waals surface area (Å²) in [4.78, 5) is 0. The third-order valence-electron chi connectivity index (χ3n) is 5.24. The number of hydrogen-bond donors (Lipinski definition) is 0. The Bertz CT molecular complexity index is 762. The summed E-state index contributed by atoms with van der Waals surface area (Å²) in [5, 5.41) is 0. The van der Waals surface area contributed by atoms with Crippen LogP contribution in [0, 0.1) is 0 Å². The average molecular weight is 680 g/mol. The molecular weight excluding hydrogens is 662 g/mol. The zero-order valence-corrected chi connectivity index (χ0v) is 21.7. The molecule has 0 rings (SSSR count). The molecule has 0 aromatic heterocycles. The monoisotopic (exact) mass is 678 g/mol. The molecule has 0 heterocycles. The van der Waals surface area contributed by atoms with Crippen LogP contribution in [-0.4, -0.2) is 53.6 Å². The minimum atomic E-state index is -8.60. The zero-order chi connectivity index (χ0) is 30.9. The van der Waals surface area contributed by atoms with E-state index < -0.39 is 72.9 Å². The average Bonchev–Trinajstić information content (AvgIpc) is 2.69. The summed E-state index contributed by atoms with van der Waals surface area (Å²) in [7, 11) is 0. The van der Waals surface area contributed by atoms with Gasteiger partial charge in [-0.3, -0.25) is 0 Å². The lowest BCUT2D eigenvalue weighted by Crippen LogP contribution is -2.74. The predicted molar refractivity (Wildman–Crippen MR) is 106 cm³/mol. The highest BCUT2D eigenvalue weighted by Gasteiger charge is 2.95. The van der Waals surface area contributed by atoms with E-state index in [1.165, 1.54) is 0 Å². The van der Waals surface area contributed by atoms with E-state index in [1.54, 1.807) is 0 Å². The first-order chi connectivity index (χ1) is 16.5. The Balaban J connectivity index is 5.54. The van der Waals surface area contributed by atoms with Gasteiger partial charge < -0.3 is 0 Å². The van der Waals surface area contributed by atoms with E-state index in [9.17, 15) is 74.6 Å². The summed E-state index contributed by atoms with van der Waals surface area (Å²) in [5.41, 5.74) is 0. The number of hydrogen-bond acceptors (Lipinski definition) is 0. The lowest BCUT2D eigenvalue weighted by atomic mass is 9.87. The van der Waals surface area contributed by atoms with E-state index >= 15 is 0 Å². The fraction of sp³-hybridized carbons (Fsp3) is 1.00. The summed E-state index contributed by atoms with van der Waals surface area (Å²) >= 11 is 16.9. The maximum absolute atomic E-state index is 13.8. The first kappa shape index (κ1) is 37.9. The lowest BCUT2D eigenvalue weighted by Gasteiger charge is -2.42. The molecule has 0 atom stereocenters. The van der Waals surface area contributed by atoms with E-state index in [0.717, 1.165) is 0 Å². The Kier molecular flexibility index (Phi) is 12.0. The fourth-order valence-electron chi connectivity index (χ4n) is 2.91. The molecule has 0 saturated carbocycles. The van der Waals surface area contributed by atoms with E-state index in [4.69, 9.17) is 33.2 Å². The minimum Gasteiger partial charge on any atom is -0.200 e. The first-order valence-electron chi connectivity index (χ1n) is 10.2. The molecule has 0 aliphatic heterocycles. The molecule has 0 amide bonds. The number of alkyl halides is 17. The molecule has 0 bridgehead atoms. The second-order valence-electron chi connectivity index (χ2n) is 8.24. The van der Waals surface area contributed by atoms with Crippen molar-refractivity contribution in [3.8, 4) is 0 Å². The van der Waals surface area contributed by atoms with Crippen molar-refractivity contribution in [3.63, 3.8) is 0 Å². The van der Waals surface area contributed by atoms with Gasteiger partial charge in [0, 0.05) is 6.42 Å². The van der Waals surface area contributed by atoms with E-state index in [-0.39, 0.29) is 18.9 Å². The van der Waals surface area contributed by atoms with Crippen molar-refractivity contribution in [2.75, 3.05) is 0 Å². The maximum Gasteiger partial charge on any atom is 0.460 e. The van der Waals surface area contributed by atoms with Gasteiger partial charge in [0.1, 0.15) is 0 Å². The third-order valence-corrected chi connectivity index (χ3v) is 7.86. The van der Waals surface area contributed by atoms with Crippen molar-refractivity contribution in [1.29, 1.82) is 0 Å². The quantitative estimate of drug-likeness (QED) is 0.0659. The van der Waals surface area contributed by atoms with Crippen LogP contribution in [0.1, 0.15) is 51.4 Å². The van der Waals surface area contributed by atoms with Crippen molar-refractivity contribution >= 4 is 39.2 Å². The molecular formula is C17H18Cl3F17Si. The number of rotatable bonds is 16. The molecule has 0 aliphatic carbocycles. The van der Waals surface area contributed by atoms with Crippen LogP contribution in [0.25, 0.3) is 0 Å². The van der Waals surface area contributed by atoms with Crippen LogP contribution in [0.3, 0.4) is 0 Å². The summed E-state index contributed by atoms with van der Waals surface area (Å²) in [6.45, 7) is 0. The standard InChI is InChI=1S/C17H18Cl3F17Si/c18-38(19,20)9-7-5-3-1-2-4-6-8-10(21,22)11(23,24)12(25,26)13(27,28)14(29,30)15(31,32)16(33,34)17(35,36)37/h1-9H2. The van der Waals surface area contributed by atoms with E-state index in [0.29, 0.717) is 19.3 Å².